The molecule has 6 nitrogen and oxygen atoms in total. The summed E-state index contributed by atoms with van der Waals surface area (Å²) in [4.78, 5) is 16.6. The molecule has 0 aliphatic carbocycles. The highest BCUT2D eigenvalue weighted by Crippen LogP contribution is 2.23. The zero-order chi connectivity index (χ0) is 20.1. The first-order valence-corrected chi connectivity index (χ1v) is 11.1. The van der Waals surface area contributed by atoms with E-state index in [0.29, 0.717) is 24.1 Å². The summed E-state index contributed by atoms with van der Waals surface area (Å²) >= 11 is 2.93. The molecule has 148 valence electrons. The SMILES string of the molecule is Cc1ccc(CNC(=O)CSc2nnc(CCc3nc4ccccc4s3)o2)cc1. The van der Waals surface area contributed by atoms with Crippen molar-refractivity contribution < 1.29 is 9.21 Å². The number of hydrogen-bond donors (Lipinski definition) is 1. The number of thioether (sulfide) groups is 1. The Morgan fingerprint density at radius 1 is 1.10 bits per heavy atom. The van der Waals surface area contributed by atoms with E-state index in [2.05, 4.69) is 26.6 Å². The fourth-order valence-electron chi connectivity index (χ4n) is 2.72. The summed E-state index contributed by atoms with van der Waals surface area (Å²) in [6, 6.07) is 16.2. The maximum absolute atomic E-state index is 12.0. The molecule has 0 saturated carbocycles. The number of nitrogens with one attached hydrogen (secondary N) is 1. The van der Waals surface area contributed by atoms with Gasteiger partial charge in [0, 0.05) is 19.4 Å². The van der Waals surface area contributed by atoms with Gasteiger partial charge in [-0.15, -0.1) is 21.5 Å². The monoisotopic (exact) mass is 424 g/mol. The lowest BCUT2D eigenvalue weighted by atomic mass is 10.1. The van der Waals surface area contributed by atoms with Gasteiger partial charge in [-0.05, 0) is 24.6 Å². The van der Waals surface area contributed by atoms with E-state index < -0.39 is 0 Å². The molecule has 0 spiro atoms. The molecule has 2 aromatic heterocycles. The molecule has 0 saturated heterocycles. The van der Waals surface area contributed by atoms with Gasteiger partial charge >= 0.3 is 0 Å². The number of para-hydroxylation sites is 1. The first-order chi connectivity index (χ1) is 14.2. The van der Waals surface area contributed by atoms with E-state index in [1.54, 1.807) is 11.3 Å². The number of amides is 1. The average Bonchev–Trinajstić information content (AvgIpc) is 3.36. The quantitative estimate of drug-likeness (QED) is 0.427. The van der Waals surface area contributed by atoms with Crippen molar-refractivity contribution in [3.8, 4) is 0 Å². The molecule has 0 aliphatic heterocycles. The van der Waals surface area contributed by atoms with Crippen molar-refractivity contribution in [3.05, 3.63) is 70.6 Å². The van der Waals surface area contributed by atoms with E-state index in [1.165, 1.54) is 22.0 Å². The van der Waals surface area contributed by atoms with E-state index in [9.17, 15) is 4.79 Å². The molecular weight excluding hydrogens is 404 g/mol. The highest BCUT2D eigenvalue weighted by atomic mass is 32.2. The Balaban J connectivity index is 1.22. The van der Waals surface area contributed by atoms with Crippen LogP contribution in [0.3, 0.4) is 0 Å². The molecule has 0 aliphatic rings. The van der Waals surface area contributed by atoms with Crippen LogP contribution in [0.2, 0.25) is 0 Å². The summed E-state index contributed by atoms with van der Waals surface area (Å²) in [5, 5.41) is 12.5. The van der Waals surface area contributed by atoms with Crippen LogP contribution in [0.1, 0.15) is 22.0 Å². The van der Waals surface area contributed by atoms with Crippen molar-refractivity contribution in [1.82, 2.24) is 20.5 Å². The zero-order valence-electron chi connectivity index (χ0n) is 15.9. The normalized spacial score (nSPS) is 11.1. The van der Waals surface area contributed by atoms with Gasteiger partial charge in [-0.3, -0.25) is 4.79 Å². The number of aromatic nitrogens is 3. The van der Waals surface area contributed by atoms with Crippen LogP contribution in [0.15, 0.2) is 58.2 Å². The number of thiazole rings is 1. The van der Waals surface area contributed by atoms with Crippen LogP contribution in [0.5, 0.6) is 0 Å². The molecule has 0 fully saturated rings. The lowest BCUT2D eigenvalue weighted by Gasteiger charge is -2.04. The standard InChI is InChI=1S/C21H20N4O2S2/c1-14-6-8-15(9-7-14)12-22-18(26)13-28-21-25-24-19(27-21)10-11-20-23-16-4-2-3-5-17(16)29-20/h2-9H,10-13H2,1H3,(H,22,26). The van der Waals surface area contributed by atoms with Crippen LogP contribution in [0, 0.1) is 6.92 Å². The fourth-order valence-corrected chi connectivity index (χ4v) is 4.30. The van der Waals surface area contributed by atoms with E-state index >= 15 is 0 Å². The summed E-state index contributed by atoms with van der Waals surface area (Å²) in [6.07, 6.45) is 1.38. The molecule has 0 unspecified atom stereocenters. The number of carbonyl (C=O) groups is 1. The second kappa shape index (κ2) is 9.19. The minimum Gasteiger partial charge on any atom is -0.416 e. The molecule has 4 aromatic rings. The Labute approximate surface area is 176 Å². The van der Waals surface area contributed by atoms with E-state index in [1.807, 2.05) is 49.4 Å². The lowest BCUT2D eigenvalue weighted by molar-refractivity contribution is -0.118. The molecule has 0 bridgehead atoms. The van der Waals surface area contributed by atoms with E-state index in [-0.39, 0.29) is 11.7 Å². The smallest absolute Gasteiger partial charge is 0.277 e. The van der Waals surface area contributed by atoms with Crippen LogP contribution in [-0.4, -0.2) is 26.8 Å². The van der Waals surface area contributed by atoms with Gasteiger partial charge in [0.25, 0.3) is 5.22 Å². The van der Waals surface area contributed by atoms with E-state index in [0.717, 1.165) is 22.5 Å². The molecule has 2 heterocycles. The minimum atomic E-state index is -0.0650. The van der Waals surface area contributed by atoms with Crippen LogP contribution < -0.4 is 5.32 Å². The van der Waals surface area contributed by atoms with Gasteiger partial charge in [-0.25, -0.2) is 4.98 Å². The summed E-state index contributed by atoms with van der Waals surface area (Å²) < 4.78 is 6.82. The molecule has 1 N–H and O–H groups in total. The van der Waals surface area contributed by atoms with Crippen LogP contribution >= 0.6 is 23.1 Å². The molecule has 1 amide bonds. The number of aryl methyl sites for hydroxylation is 3. The maximum Gasteiger partial charge on any atom is 0.277 e. The predicted molar refractivity (Wildman–Crippen MR) is 115 cm³/mol. The summed E-state index contributed by atoms with van der Waals surface area (Å²) in [5.74, 6) is 0.738. The average molecular weight is 425 g/mol. The molecule has 2 aromatic carbocycles. The van der Waals surface area contributed by atoms with Crippen molar-refractivity contribution in [2.24, 2.45) is 0 Å². The van der Waals surface area contributed by atoms with Gasteiger partial charge < -0.3 is 9.73 Å². The van der Waals surface area contributed by atoms with Gasteiger partial charge in [-0.2, -0.15) is 0 Å². The Morgan fingerprint density at radius 2 is 1.93 bits per heavy atom. The van der Waals surface area contributed by atoms with Crippen molar-refractivity contribution in [3.63, 3.8) is 0 Å². The number of carbonyl (C=O) groups excluding carboxylic acids is 1. The number of benzene rings is 2. The van der Waals surface area contributed by atoms with Gasteiger partial charge in [0.2, 0.25) is 11.8 Å². The van der Waals surface area contributed by atoms with Crippen LogP contribution in [0.4, 0.5) is 0 Å². The number of rotatable bonds is 8. The summed E-state index contributed by atoms with van der Waals surface area (Å²) in [5.41, 5.74) is 3.29. The van der Waals surface area contributed by atoms with Crippen LogP contribution in [-0.2, 0) is 24.2 Å². The molecular formula is C21H20N4O2S2. The molecule has 8 heteroatoms. The highest BCUT2D eigenvalue weighted by molar-refractivity contribution is 7.99. The van der Waals surface area contributed by atoms with Crippen molar-refractivity contribution in [2.45, 2.75) is 31.5 Å². The van der Waals surface area contributed by atoms with Gasteiger partial charge in [0.15, 0.2) is 0 Å². The third-order valence-corrected chi connectivity index (χ3v) is 6.19. The molecule has 0 radical (unpaired) electrons. The van der Waals surface area contributed by atoms with Crippen LogP contribution in [0.25, 0.3) is 10.2 Å². The Bertz CT molecular complexity index is 1070. The molecule has 4 rings (SSSR count). The Kier molecular flexibility index (Phi) is 6.21. The van der Waals surface area contributed by atoms with Gasteiger partial charge in [0.05, 0.1) is 21.0 Å². The minimum absolute atomic E-state index is 0.0650. The summed E-state index contributed by atoms with van der Waals surface area (Å²) in [7, 11) is 0. The number of hydrogen-bond acceptors (Lipinski definition) is 7. The van der Waals surface area contributed by atoms with Crippen molar-refractivity contribution in [1.29, 1.82) is 0 Å². The first-order valence-electron chi connectivity index (χ1n) is 9.27. The highest BCUT2D eigenvalue weighted by Gasteiger charge is 2.11. The van der Waals surface area contributed by atoms with Crippen molar-refractivity contribution in [2.75, 3.05) is 5.75 Å². The maximum atomic E-state index is 12.0. The first kappa shape index (κ1) is 19.6. The predicted octanol–water partition coefficient (Wildman–Crippen LogP) is 4.18. The zero-order valence-corrected chi connectivity index (χ0v) is 17.6. The van der Waals surface area contributed by atoms with E-state index in [4.69, 9.17) is 4.42 Å². The van der Waals surface area contributed by atoms with Gasteiger partial charge in [0.1, 0.15) is 0 Å². The lowest BCUT2D eigenvalue weighted by Crippen LogP contribution is -2.24. The number of nitrogens with zero attached hydrogens (tertiary/aromatic N) is 3. The largest absolute Gasteiger partial charge is 0.416 e. The Morgan fingerprint density at radius 3 is 2.76 bits per heavy atom. The van der Waals surface area contributed by atoms with Crippen molar-refractivity contribution >= 4 is 39.2 Å². The third-order valence-electron chi connectivity index (χ3n) is 4.28. The topological polar surface area (TPSA) is 80.9 Å². The second-order valence-electron chi connectivity index (χ2n) is 6.59. The molecule has 29 heavy (non-hydrogen) atoms. The van der Waals surface area contributed by atoms with Gasteiger partial charge in [-0.1, -0.05) is 53.7 Å². The fraction of sp³-hybridized carbons (Fsp3) is 0.238. The number of fused-ring (bicyclic) bond motifs is 1. The Hall–Kier alpha value is -2.71. The second-order valence-corrected chi connectivity index (χ2v) is 8.63. The third kappa shape index (κ3) is 5.42. The molecule has 0 atom stereocenters. The summed E-state index contributed by atoms with van der Waals surface area (Å²) in [6.45, 7) is 2.55.